The zero-order valence-electron chi connectivity index (χ0n) is 15.8. The van der Waals surface area contributed by atoms with E-state index in [1.165, 1.54) is 5.56 Å². The molecule has 0 bridgehead atoms. The van der Waals surface area contributed by atoms with Crippen molar-refractivity contribution >= 4 is 28.7 Å². The molecule has 5 heteroatoms. The molecular weight excluding hydrogens is 354 g/mol. The van der Waals surface area contributed by atoms with Gasteiger partial charge in [-0.05, 0) is 56.5 Å². The van der Waals surface area contributed by atoms with Crippen LogP contribution < -0.4 is 0 Å². The maximum atomic E-state index is 13.0. The Balaban J connectivity index is 1.45. The average Bonchev–Trinajstić information content (AvgIpc) is 3.11. The summed E-state index contributed by atoms with van der Waals surface area (Å²) in [6, 6.07) is 16.4. The first-order valence-corrected chi connectivity index (χ1v) is 10.4. The Kier molecular flexibility index (Phi) is 5.21. The van der Waals surface area contributed by atoms with Gasteiger partial charge in [0.2, 0.25) is 5.91 Å². The molecular formula is C22H25N3OS. The zero-order chi connectivity index (χ0) is 18.8. The van der Waals surface area contributed by atoms with Gasteiger partial charge >= 0.3 is 0 Å². The molecule has 0 unspecified atom stereocenters. The van der Waals surface area contributed by atoms with Crippen molar-refractivity contribution in [3.8, 4) is 0 Å². The number of thioether (sulfide) groups is 1. The molecule has 1 aliphatic heterocycles. The third-order valence-electron chi connectivity index (χ3n) is 5.18. The molecule has 3 aromatic rings. The van der Waals surface area contributed by atoms with E-state index in [0.29, 0.717) is 0 Å². The highest BCUT2D eigenvalue weighted by molar-refractivity contribution is 8.00. The van der Waals surface area contributed by atoms with Crippen LogP contribution in [-0.2, 0) is 4.79 Å². The lowest BCUT2D eigenvalue weighted by Crippen LogP contribution is -2.42. The second-order valence-corrected chi connectivity index (χ2v) is 8.75. The molecule has 0 saturated carbocycles. The number of aromatic amines is 1. The third kappa shape index (κ3) is 4.03. The minimum atomic E-state index is -0.0792. The van der Waals surface area contributed by atoms with Gasteiger partial charge in [0.15, 0.2) is 0 Å². The largest absolute Gasteiger partial charge is 0.342 e. The number of hydrogen-bond acceptors (Lipinski definition) is 3. The number of carbonyl (C=O) groups is 1. The summed E-state index contributed by atoms with van der Waals surface area (Å²) in [5.41, 5.74) is 3.32. The van der Waals surface area contributed by atoms with Crippen LogP contribution in [0.1, 0.15) is 37.1 Å². The smallest absolute Gasteiger partial charge is 0.235 e. The molecule has 27 heavy (non-hydrogen) atoms. The minimum absolute atomic E-state index is 0.0792. The number of nitrogens with zero attached hydrogens (tertiary/aromatic N) is 2. The van der Waals surface area contributed by atoms with Crippen LogP contribution in [0, 0.1) is 6.92 Å². The summed E-state index contributed by atoms with van der Waals surface area (Å²) in [4.78, 5) is 24.4. The van der Waals surface area contributed by atoms with Gasteiger partial charge in [-0.15, -0.1) is 11.8 Å². The normalized spacial score (nSPS) is 18.6. The van der Waals surface area contributed by atoms with E-state index in [0.717, 1.165) is 47.7 Å². The van der Waals surface area contributed by atoms with Crippen molar-refractivity contribution in [1.82, 2.24) is 14.9 Å². The van der Waals surface area contributed by atoms with Crippen molar-refractivity contribution in [1.29, 1.82) is 0 Å². The van der Waals surface area contributed by atoms with Gasteiger partial charge in [-0.2, -0.15) is 0 Å². The zero-order valence-corrected chi connectivity index (χ0v) is 16.6. The van der Waals surface area contributed by atoms with Gasteiger partial charge in [0.25, 0.3) is 0 Å². The number of imidazole rings is 1. The number of fused-ring (bicyclic) bond motifs is 1. The predicted octanol–water partition coefficient (Wildman–Crippen LogP) is 4.76. The molecule has 0 spiro atoms. The van der Waals surface area contributed by atoms with Crippen LogP contribution in [0.15, 0.2) is 53.4 Å². The second-order valence-electron chi connectivity index (χ2n) is 7.34. The maximum absolute atomic E-state index is 13.0. The van der Waals surface area contributed by atoms with Crippen molar-refractivity contribution < 1.29 is 4.79 Å². The molecule has 1 aliphatic rings. The molecule has 4 rings (SSSR count). The molecule has 1 aromatic heterocycles. The van der Waals surface area contributed by atoms with E-state index < -0.39 is 0 Å². The lowest BCUT2D eigenvalue weighted by Gasteiger charge is -2.33. The molecule has 2 aromatic carbocycles. The molecule has 0 aliphatic carbocycles. The Bertz CT molecular complexity index is 937. The number of aromatic nitrogens is 2. The summed E-state index contributed by atoms with van der Waals surface area (Å²) in [6.45, 7) is 5.69. The first kappa shape index (κ1) is 18.1. The third-order valence-corrected chi connectivity index (χ3v) is 6.28. The maximum Gasteiger partial charge on any atom is 0.235 e. The quantitative estimate of drug-likeness (QED) is 0.665. The van der Waals surface area contributed by atoms with E-state index in [1.807, 2.05) is 30.0 Å². The van der Waals surface area contributed by atoms with Crippen LogP contribution in [-0.4, -0.2) is 39.1 Å². The van der Waals surface area contributed by atoms with Crippen molar-refractivity contribution in [2.45, 2.75) is 42.8 Å². The van der Waals surface area contributed by atoms with Crippen molar-refractivity contribution in [3.05, 3.63) is 59.9 Å². The van der Waals surface area contributed by atoms with E-state index in [2.05, 4.69) is 42.2 Å². The van der Waals surface area contributed by atoms with Crippen molar-refractivity contribution in [3.63, 3.8) is 0 Å². The Hall–Kier alpha value is -2.27. The van der Waals surface area contributed by atoms with E-state index in [4.69, 9.17) is 4.98 Å². The predicted molar refractivity (Wildman–Crippen MR) is 111 cm³/mol. The van der Waals surface area contributed by atoms with Crippen LogP contribution >= 0.6 is 11.8 Å². The number of H-pyrrole nitrogens is 1. The molecule has 1 saturated heterocycles. The summed E-state index contributed by atoms with van der Waals surface area (Å²) in [7, 11) is 0. The first-order chi connectivity index (χ1) is 13.1. The lowest BCUT2D eigenvalue weighted by atomic mass is 9.97. The lowest BCUT2D eigenvalue weighted by molar-refractivity contribution is -0.131. The van der Waals surface area contributed by atoms with Gasteiger partial charge in [0.1, 0.15) is 5.82 Å². The van der Waals surface area contributed by atoms with Gasteiger partial charge in [-0.25, -0.2) is 4.98 Å². The summed E-state index contributed by atoms with van der Waals surface area (Å²) in [5.74, 6) is 1.52. The number of carbonyl (C=O) groups excluding carboxylic acids is 1. The molecule has 2 atom stereocenters. The number of rotatable bonds is 4. The molecule has 1 fully saturated rings. The van der Waals surface area contributed by atoms with Crippen LogP contribution in [0.3, 0.4) is 0 Å². The van der Waals surface area contributed by atoms with Gasteiger partial charge in [0.05, 0.1) is 16.3 Å². The summed E-state index contributed by atoms with van der Waals surface area (Å²) >= 11 is 1.63. The fourth-order valence-electron chi connectivity index (χ4n) is 3.75. The first-order valence-electron chi connectivity index (χ1n) is 9.57. The Morgan fingerprint density at radius 3 is 2.89 bits per heavy atom. The van der Waals surface area contributed by atoms with Crippen LogP contribution in [0.4, 0.5) is 0 Å². The van der Waals surface area contributed by atoms with Crippen LogP contribution in [0.2, 0.25) is 0 Å². The standard InChI is InChI=1S/C22H25N3OS/c1-15-10-11-19-20(13-15)24-21(23-19)17-7-6-12-25(14-17)22(26)16(2)27-18-8-4-3-5-9-18/h3-5,8-11,13,16-17H,6-7,12,14H2,1-2H3,(H,23,24)/t16-,17+/m0/s1. The molecule has 0 radical (unpaired) electrons. The molecule has 4 nitrogen and oxygen atoms in total. The number of nitrogens with one attached hydrogen (secondary N) is 1. The number of aryl methyl sites for hydroxylation is 1. The highest BCUT2D eigenvalue weighted by atomic mass is 32.2. The van der Waals surface area contributed by atoms with Gasteiger partial charge in [-0.3, -0.25) is 4.79 Å². The fourth-order valence-corrected chi connectivity index (χ4v) is 4.72. The number of amides is 1. The summed E-state index contributed by atoms with van der Waals surface area (Å²) in [6.07, 6.45) is 2.10. The highest BCUT2D eigenvalue weighted by Gasteiger charge is 2.29. The minimum Gasteiger partial charge on any atom is -0.342 e. The van der Waals surface area contributed by atoms with Gasteiger partial charge < -0.3 is 9.88 Å². The monoisotopic (exact) mass is 379 g/mol. The molecule has 140 valence electrons. The van der Waals surface area contributed by atoms with Crippen LogP contribution in [0.25, 0.3) is 11.0 Å². The van der Waals surface area contributed by atoms with E-state index in [-0.39, 0.29) is 17.1 Å². The van der Waals surface area contributed by atoms with Crippen molar-refractivity contribution in [2.75, 3.05) is 13.1 Å². The molecule has 2 heterocycles. The Morgan fingerprint density at radius 2 is 2.07 bits per heavy atom. The van der Waals surface area contributed by atoms with E-state index >= 15 is 0 Å². The topological polar surface area (TPSA) is 49.0 Å². The number of benzene rings is 2. The Morgan fingerprint density at radius 1 is 1.26 bits per heavy atom. The van der Waals surface area contributed by atoms with Gasteiger partial charge in [0, 0.05) is 23.9 Å². The number of likely N-dealkylation sites (tertiary alicyclic amines) is 1. The SMILES string of the molecule is Cc1ccc2nc([C@@H]3CCCN(C(=O)[C@H](C)Sc4ccccc4)C3)[nH]c2c1. The highest BCUT2D eigenvalue weighted by Crippen LogP contribution is 2.30. The molecule has 1 N–H and O–H groups in total. The van der Waals surface area contributed by atoms with Crippen molar-refractivity contribution in [2.24, 2.45) is 0 Å². The van der Waals surface area contributed by atoms with E-state index in [9.17, 15) is 4.79 Å². The Labute approximate surface area is 164 Å². The fraction of sp³-hybridized carbons (Fsp3) is 0.364. The van der Waals surface area contributed by atoms with Crippen LogP contribution in [0.5, 0.6) is 0 Å². The summed E-state index contributed by atoms with van der Waals surface area (Å²) < 4.78 is 0. The van der Waals surface area contributed by atoms with E-state index in [1.54, 1.807) is 11.8 Å². The van der Waals surface area contributed by atoms with Gasteiger partial charge in [-0.1, -0.05) is 24.3 Å². The number of piperidine rings is 1. The number of hydrogen-bond donors (Lipinski definition) is 1. The average molecular weight is 380 g/mol. The second kappa shape index (κ2) is 7.77. The molecule has 1 amide bonds. The summed E-state index contributed by atoms with van der Waals surface area (Å²) in [5, 5.41) is -0.0792.